The van der Waals surface area contributed by atoms with Gasteiger partial charge in [0.2, 0.25) is 0 Å². The van der Waals surface area contributed by atoms with Crippen LogP contribution in [-0.2, 0) is 4.74 Å². The highest BCUT2D eigenvalue weighted by molar-refractivity contribution is 6.33. The van der Waals surface area contributed by atoms with Gasteiger partial charge in [0.15, 0.2) is 10.3 Å². The van der Waals surface area contributed by atoms with Gasteiger partial charge < -0.3 is 15.2 Å². The average molecular weight is 252 g/mol. The molecule has 1 heterocycles. The van der Waals surface area contributed by atoms with Gasteiger partial charge in [-0.3, -0.25) is 0 Å². The molecule has 84 valence electrons. The zero-order chi connectivity index (χ0) is 11.1. The van der Waals surface area contributed by atoms with Crippen LogP contribution in [0, 0.1) is 0 Å². The van der Waals surface area contributed by atoms with Gasteiger partial charge in [-0.1, -0.05) is 23.2 Å². The van der Waals surface area contributed by atoms with E-state index in [-0.39, 0.29) is 16.9 Å². The molecule has 0 saturated carbocycles. The molecule has 0 aliphatic carbocycles. The maximum absolute atomic E-state index is 8.46. The molecule has 15 heavy (non-hydrogen) atoms. The van der Waals surface area contributed by atoms with Crippen LogP contribution in [-0.4, -0.2) is 41.7 Å². The maximum atomic E-state index is 8.46. The largest absolute Gasteiger partial charge is 0.394 e. The molecule has 1 aromatic heterocycles. The van der Waals surface area contributed by atoms with Gasteiger partial charge in [-0.15, -0.1) is 10.2 Å². The van der Waals surface area contributed by atoms with Crippen LogP contribution in [0.3, 0.4) is 0 Å². The van der Waals surface area contributed by atoms with Crippen LogP contribution >= 0.6 is 23.2 Å². The number of rotatable bonds is 6. The van der Waals surface area contributed by atoms with Gasteiger partial charge in [-0.2, -0.15) is 0 Å². The molecule has 0 radical (unpaired) electrons. The number of aliphatic hydroxyl groups is 1. The van der Waals surface area contributed by atoms with E-state index in [1.54, 1.807) is 6.07 Å². The Morgan fingerprint density at radius 2 is 2.13 bits per heavy atom. The Labute approximate surface area is 97.4 Å². The number of ether oxygens (including phenoxy) is 1. The summed E-state index contributed by atoms with van der Waals surface area (Å²) < 4.78 is 5.05. The normalized spacial score (nSPS) is 10.3. The molecule has 1 aromatic rings. The Bertz CT molecular complexity index is 312. The monoisotopic (exact) mass is 251 g/mol. The Morgan fingerprint density at radius 1 is 1.33 bits per heavy atom. The predicted octanol–water partition coefficient (Wildman–Crippen LogP) is 1.20. The van der Waals surface area contributed by atoms with E-state index in [4.69, 9.17) is 33.0 Å². The van der Waals surface area contributed by atoms with Crippen molar-refractivity contribution in [2.75, 3.05) is 31.7 Å². The molecule has 1 rings (SSSR count). The van der Waals surface area contributed by atoms with Crippen molar-refractivity contribution in [2.45, 2.75) is 0 Å². The van der Waals surface area contributed by atoms with E-state index in [0.717, 1.165) is 0 Å². The van der Waals surface area contributed by atoms with Crippen LogP contribution in [0.25, 0.3) is 0 Å². The first-order valence-corrected chi connectivity index (χ1v) is 5.11. The highest BCUT2D eigenvalue weighted by Gasteiger charge is 2.02. The summed E-state index contributed by atoms with van der Waals surface area (Å²) in [4.78, 5) is 0. The zero-order valence-electron chi connectivity index (χ0n) is 7.91. The Morgan fingerprint density at radius 3 is 2.87 bits per heavy atom. The first-order chi connectivity index (χ1) is 7.24. The molecule has 0 unspecified atom stereocenters. The zero-order valence-corrected chi connectivity index (χ0v) is 9.42. The van der Waals surface area contributed by atoms with Crippen molar-refractivity contribution in [1.82, 2.24) is 10.2 Å². The van der Waals surface area contributed by atoms with Crippen molar-refractivity contribution in [3.8, 4) is 0 Å². The van der Waals surface area contributed by atoms with Gasteiger partial charge in [0.05, 0.1) is 25.5 Å². The van der Waals surface area contributed by atoms with Gasteiger partial charge in [0, 0.05) is 12.6 Å². The summed E-state index contributed by atoms with van der Waals surface area (Å²) in [5.41, 5.74) is 0.615. The van der Waals surface area contributed by atoms with Crippen LogP contribution in [0.2, 0.25) is 10.3 Å². The third-order valence-corrected chi connectivity index (χ3v) is 1.98. The molecule has 2 N–H and O–H groups in total. The Kier molecular flexibility index (Phi) is 5.63. The maximum Gasteiger partial charge on any atom is 0.174 e. The Balaban J connectivity index is 2.33. The van der Waals surface area contributed by atoms with Gasteiger partial charge in [-0.05, 0) is 0 Å². The minimum atomic E-state index is 0.0173. The number of nitrogens with zero attached hydrogens (tertiary/aromatic N) is 2. The minimum absolute atomic E-state index is 0.0173. The summed E-state index contributed by atoms with van der Waals surface area (Å²) in [6.07, 6.45) is 0. The van der Waals surface area contributed by atoms with Crippen molar-refractivity contribution in [3.63, 3.8) is 0 Å². The molecule has 0 saturated heterocycles. The summed E-state index contributed by atoms with van der Waals surface area (Å²) in [6.45, 7) is 1.37. The number of anilines is 1. The number of halogens is 2. The molecular weight excluding hydrogens is 241 g/mol. The number of nitrogens with one attached hydrogen (secondary N) is 1. The summed E-state index contributed by atoms with van der Waals surface area (Å²) in [5, 5.41) is 19.2. The van der Waals surface area contributed by atoms with E-state index in [2.05, 4.69) is 15.5 Å². The second kappa shape index (κ2) is 6.79. The fraction of sp³-hybridized carbons (Fsp3) is 0.500. The summed E-state index contributed by atoms with van der Waals surface area (Å²) >= 11 is 11.4. The highest BCUT2D eigenvalue weighted by atomic mass is 35.5. The van der Waals surface area contributed by atoms with Crippen molar-refractivity contribution in [1.29, 1.82) is 0 Å². The van der Waals surface area contributed by atoms with Crippen LogP contribution in [0.5, 0.6) is 0 Å². The van der Waals surface area contributed by atoms with Gasteiger partial charge in [0.1, 0.15) is 0 Å². The lowest BCUT2D eigenvalue weighted by molar-refractivity contribution is 0.0992. The first kappa shape index (κ1) is 12.4. The number of hydrogen-bond acceptors (Lipinski definition) is 5. The fourth-order valence-corrected chi connectivity index (χ4v) is 1.21. The molecular formula is C8H11Cl2N3O2. The third-order valence-electron chi connectivity index (χ3n) is 1.52. The molecule has 7 heteroatoms. The van der Waals surface area contributed by atoms with Crippen LogP contribution in [0.4, 0.5) is 5.69 Å². The smallest absolute Gasteiger partial charge is 0.174 e. The molecule has 5 nitrogen and oxygen atoms in total. The predicted molar refractivity (Wildman–Crippen MR) is 58.4 cm³/mol. The number of aromatic nitrogens is 2. The summed E-state index contributed by atoms with van der Waals surface area (Å²) in [6, 6.07) is 1.59. The average Bonchev–Trinajstić information content (AvgIpc) is 2.23. The van der Waals surface area contributed by atoms with Gasteiger partial charge in [-0.25, -0.2) is 0 Å². The minimum Gasteiger partial charge on any atom is -0.394 e. The molecule has 0 spiro atoms. The van der Waals surface area contributed by atoms with Crippen LogP contribution in [0.15, 0.2) is 6.07 Å². The quantitative estimate of drug-likeness (QED) is 0.745. The van der Waals surface area contributed by atoms with Crippen molar-refractivity contribution in [2.24, 2.45) is 0 Å². The van der Waals surface area contributed by atoms with E-state index in [9.17, 15) is 0 Å². The van der Waals surface area contributed by atoms with Gasteiger partial charge in [0.25, 0.3) is 0 Å². The molecule has 0 atom stereocenters. The van der Waals surface area contributed by atoms with Gasteiger partial charge >= 0.3 is 0 Å². The van der Waals surface area contributed by atoms with E-state index < -0.39 is 0 Å². The lowest BCUT2D eigenvalue weighted by Crippen LogP contribution is -2.12. The molecule has 0 aliphatic heterocycles. The molecule has 0 aliphatic rings. The molecule has 0 amide bonds. The van der Waals surface area contributed by atoms with E-state index in [0.29, 0.717) is 25.4 Å². The standard InChI is InChI=1S/C8H11Cl2N3O2/c9-7-5-6(8(10)13-12-7)11-1-3-15-4-2-14/h5,14H,1-4H2,(H,11,12). The fourth-order valence-electron chi connectivity index (χ4n) is 0.902. The van der Waals surface area contributed by atoms with Crippen LogP contribution in [0.1, 0.15) is 0 Å². The first-order valence-electron chi connectivity index (χ1n) is 4.35. The molecule has 0 aromatic carbocycles. The second-order valence-corrected chi connectivity index (χ2v) is 3.38. The third kappa shape index (κ3) is 4.61. The highest BCUT2D eigenvalue weighted by Crippen LogP contribution is 2.20. The second-order valence-electron chi connectivity index (χ2n) is 2.63. The summed E-state index contributed by atoms with van der Waals surface area (Å²) in [7, 11) is 0. The number of hydrogen-bond donors (Lipinski definition) is 2. The number of aliphatic hydroxyl groups excluding tert-OH is 1. The van der Waals surface area contributed by atoms with E-state index in [1.807, 2.05) is 0 Å². The van der Waals surface area contributed by atoms with Crippen molar-refractivity contribution < 1.29 is 9.84 Å². The van der Waals surface area contributed by atoms with Crippen molar-refractivity contribution >= 4 is 28.9 Å². The van der Waals surface area contributed by atoms with E-state index in [1.165, 1.54) is 0 Å². The lowest BCUT2D eigenvalue weighted by atomic mass is 10.4. The van der Waals surface area contributed by atoms with E-state index >= 15 is 0 Å². The Hall–Kier alpha value is -0.620. The molecule has 0 fully saturated rings. The van der Waals surface area contributed by atoms with Crippen molar-refractivity contribution in [3.05, 3.63) is 16.4 Å². The lowest BCUT2D eigenvalue weighted by Gasteiger charge is -2.07. The molecule has 0 bridgehead atoms. The topological polar surface area (TPSA) is 67.3 Å². The SMILES string of the molecule is OCCOCCNc1cc(Cl)nnc1Cl. The summed E-state index contributed by atoms with van der Waals surface area (Å²) in [5.74, 6) is 0. The van der Waals surface area contributed by atoms with Crippen LogP contribution < -0.4 is 5.32 Å².